The van der Waals surface area contributed by atoms with Gasteiger partial charge in [0.2, 0.25) is 0 Å². The molecule has 0 amide bonds. The Morgan fingerprint density at radius 3 is 2.16 bits per heavy atom. The Kier molecular flexibility index (Phi) is 4.33. The largest absolute Gasteiger partial charge is 0.304 e. The summed E-state index contributed by atoms with van der Waals surface area (Å²) in [5.74, 6) is -0.192. The minimum absolute atomic E-state index is 0.191. The van der Waals surface area contributed by atoms with Crippen LogP contribution < -0.4 is 5.32 Å². The molecule has 19 heavy (non-hydrogen) atoms. The molecule has 0 bridgehead atoms. The molecule has 2 aromatic carbocycles. The van der Waals surface area contributed by atoms with Crippen LogP contribution in [0.5, 0.6) is 0 Å². The average molecular weight is 257 g/mol. The third kappa shape index (κ3) is 3.65. The third-order valence-electron chi connectivity index (χ3n) is 3.41. The van der Waals surface area contributed by atoms with Gasteiger partial charge in [-0.25, -0.2) is 4.39 Å². The zero-order valence-electron chi connectivity index (χ0n) is 11.7. The summed E-state index contributed by atoms with van der Waals surface area (Å²) in [6.45, 7) is 6.34. The van der Waals surface area contributed by atoms with Crippen molar-refractivity contribution in [2.75, 3.05) is 0 Å². The van der Waals surface area contributed by atoms with Crippen molar-refractivity contribution in [3.05, 3.63) is 71.0 Å². The molecule has 100 valence electrons. The molecule has 0 aliphatic heterocycles. The first-order valence-electron chi connectivity index (χ1n) is 6.64. The van der Waals surface area contributed by atoms with Gasteiger partial charge in [0.1, 0.15) is 5.82 Å². The van der Waals surface area contributed by atoms with Gasteiger partial charge in [-0.2, -0.15) is 0 Å². The van der Waals surface area contributed by atoms with Crippen LogP contribution in [-0.2, 0) is 0 Å². The Bertz CT molecular complexity index is 533. The first-order chi connectivity index (χ1) is 9.06. The van der Waals surface area contributed by atoms with Crippen molar-refractivity contribution >= 4 is 0 Å². The third-order valence-corrected chi connectivity index (χ3v) is 3.41. The highest BCUT2D eigenvalue weighted by atomic mass is 19.1. The van der Waals surface area contributed by atoms with Gasteiger partial charge in [-0.05, 0) is 44.0 Å². The van der Waals surface area contributed by atoms with E-state index in [0.29, 0.717) is 0 Å². The Labute approximate surface area is 114 Å². The lowest BCUT2D eigenvalue weighted by Crippen LogP contribution is -2.22. The summed E-state index contributed by atoms with van der Waals surface area (Å²) in [5.41, 5.74) is 3.63. The maximum Gasteiger partial charge on any atom is 0.123 e. The molecule has 0 saturated heterocycles. The second-order valence-corrected chi connectivity index (χ2v) is 5.08. The van der Waals surface area contributed by atoms with Crippen LogP contribution in [0, 0.1) is 12.7 Å². The number of rotatable bonds is 4. The molecule has 2 aromatic rings. The van der Waals surface area contributed by atoms with E-state index in [4.69, 9.17) is 0 Å². The van der Waals surface area contributed by atoms with Gasteiger partial charge in [-0.15, -0.1) is 0 Å². The zero-order chi connectivity index (χ0) is 13.8. The molecule has 2 rings (SSSR count). The molecular formula is C17H20FN. The second kappa shape index (κ2) is 5.98. The summed E-state index contributed by atoms with van der Waals surface area (Å²) >= 11 is 0. The van der Waals surface area contributed by atoms with E-state index in [0.717, 1.165) is 5.56 Å². The minimum Gasteiger partial charge on any atom is -0.304 e. The summed E-state index contributed by atoms with van der Waals surface area (Å²) in [7, 11) is 0. The fourth-order valence-electron chi connectivity index (χ4n) is 2.26. The fourth-order valence-corrected chi connectivity index (χ4v) is 2.26. The van der Waals surface area contributed by atoms with Crippen LogP contribution in [0.2, 0.25) is 0 Å². The lowest BCUT2D eigenvalue weighted by Gasteiger charge is -2.21. The summed E-state index contributed by atoms with van der Waals surface area (Å²) in [6.07, 6.45) is 0. The molecule has 1 nitrogen and oxygen atoms in total. The number of nitrogens with one attached hydrogen (secondary N) is 1. The van der Waals surface area contributed by atoms with E-state index in [1.165, 1.54) is 23.3 Å². The van der Waals surface area contributed by atoms with E-state index >= 15 is 0 Å². The van der Waals surface area contributed by atoms with E-state index in [-0.39, 0.29) is 17.9 Å². The van der Waals surface area contributed by atoms with E-state index in [1.807, 2.05) is 12.1 Å². The maximum atomic E-state index is 12.9. The molecular weight excluding hydrogens is 237 g/mol. The summed E-state index contributed by atoms with van der Waals surface area (Å²) in [4.78, 5) is 0. The molecule has 1 N–H and O–H groups in total. The topological polar surface area (TPSA) is 12.0 Å². The van der Waals surface area contributed by atoms with Crippen LogP contribution in [-0.4, -0.2) is 0 Å². The van der Waals surface area contributed by atoms with Crippen molar-refractivity contribution in [2.24, 2.45) is 0 Å². The van der Waals surface area contributed by atoms with Gasteiger partial charge in [0.25, 0.3) is 0 Å². The monoisotopic (exact) mass is 257 g/mol. The van der Waals surface area contributed by atoms with E-state index in [9.17, 15) is 4.39 Å². The van der Waals surface area contributed by atoms with Gasteiger partial charge < -0.3 is 5.32 Å². The lowest BCUT2D eigenvalue weighted by atomic mass is 10.0. The maximum absolute atomic E-state index is 12.9. The van der Waals surface area contributed by atoms with Crippen LogP contribution in [0.25, 0.3) is 0 Å². The Morgan fingerprint density at radius 1 is 0.895 bits per heavy atom. The van der Waals surface area contributed by atoms with Crippen LogP contribution in [0.3, 0.4) is 0 Å². The molecule has 0 fully saturated rings. The highest BCUT2D eigenvalue weighted by molar-refractivity contribution is 5.25. The quantitative estimate of drug-likeness (QED) is 0.847. The normalized spacial score (nSPS) is 14.1. The number of halogens is 1. The predicted octanol–water partition coefficient (Wildman–Crippen LogP) is 4.55. The van der Waals surface area contributed by atoms with Crippen molar-refractivity contribution in [1.29, 1.82) is 0 Å². The van der Waals surface area contributed by atoms with Crippen molar-refractivity contribution < 1.29 is 4.39 Å². The summed E-state index contributed by atoms with van der Waals surface area (Å²) < 4.78 is 12.9. The zero-order valence-corrected chi connectivity index (χ0v) is 11.7. The molecule has 0 saturated carbocycles. The smallest absolute Gasteiger partial charge is 0.123 e. The number of aryl methyl sites for hydroxylation is 1. The minimum atomic E-state index is -0.192. The van der Waals surface area contributed by atoms with Crippen LogP contribution in [0.4, 0.5) is 4.39 Å². The predicted molar refractivity (Wildman–Crippen MR) is 77.5 cm³/mol. The first kappa shape index (κ1) is 13.8. The molecule has 2 atom stereocenters. The van der Waals surface area contributed by atoms with Crippen molar-refractivity contribution in [1.82, 2.24) is 5.32 Å². The second-order valence-electron chi connectivity index (χ2n) is 5.08. The molecule has 0 radical (unpaired) electrons. The highest BCUT2D eigenvalue weighted by Gasteiger charge is 2.11. The number of benzene rings is 2. The molecule has 0 heterocycles. The molecule has 2 heteroatoms. The van der Waals surface area contributed by atoms with E-state index in [2.05, 4.69) is 50.4 Å². The lowest BCUT2D eigenvalue weighted by molar-refractivity contribution is 0.493. The van der Waals surface area contributed by atoms with Gasteiger partial charge in [0.05, 0.1) is 0 Å². The number of hydrogen-bond donors (Lipinski definition) is 1. The average Bonchev–Trinajstić information content (AvgIpc) is 2.39. The Morgan fingerprint density at radius 2 is 1.53 bits per heavy atom. The van der Waals surface area contributed by atoms with Gasteiger partial charge in [0, 0.05) is 12.1 Å². The van der Waals surface area contributed by atoms with E-state index < -0.39 is 0 Å². The molecule has 0 spiro atoms. The number of hydrogen-bond acceptors (Lipinski definition) is 1. The van der Waals surface area contributed by atoms with E-state index in [1.54, 1.807) is 0 Å². The Hall–Kier alpha value is -1.67. The van der Waals surface area contributed by atoms with Crippen molar-refractivity contribution in [2.45, 2.75) is 32.9 Å². The standard InChI is InChI=1S/C17H20FN/c1-12-5-4-6-16(11-12)14(3)19-13(2)15-7-9-17(18)10-8-15/h4-11,13-14,19H,1-3H3/t13-,14?/m0/s1. The highest BCUT2D eigenvalue weighted by Crippen LogP contribution is 2.20. The van der Waals surface area contributed by atoms with Gasteiger partial charge in [-0.1, -0.05) is 42.0 Å². The first-order valence-corrected chi connectivity index (χ1v) is 6.64. The fraction of sp³-hybridized carbons (Fsp3) is 0.294. The van der Waals surface area contributed by atoms with Gasteiger partial charge in [0.15, 0.2) is 0 Å². The van der Waals surface area contributed by atoms with Crippen LogP contribution in [0.1, 0.15) is 42.6 Å². The van der Waals surface area contributed by atoms with Crippen molar-refractivity contribution in [3.63, 3.8) is 0 Å². The Balaban J connectivity index is 2.06. The van der Waals surface area contributed by atoms with Crippen LogP contribution in [0.15, 0.2) is 48.5 Å². The molecule has 1 unspecified atom stereocenters. The van der Waals surface area contributed by atoms with Crippen LogP contribution >= 0.6 is 0 Å². The van der Waals surface area contributed by atoms with Gasteiger partial charge >= 0.3 is 0 Å². The van der Waals surface area contributed by atoms with Gasteiger partial charge in [-0.3, -0.25) is 0 Å². The summed E-state index contributed by atoms with van der Waals surface area (Å²) in [5, 5.41) is 3.54. The molecule has 0 aromatic heterocycles. The molecule has 0 aliphatic carbocycles. The molecule has 0 aliphatic rings. The van der Waals surface area contributed by atoms with Crippen molar-refractivity contribution in [3.8, 4) is 0 Å². The summed E-state index contributed by atoms with van der Waals surface area (Å²) in [6, 6.07) is 15.6. The SMILES string of the molecule is Cc1cccc(C(C)N[C@@H](C)c2ccc(F)cc2)c1.